The molecule has 154 valence electrons. The second-order valence-electron chi connectivity index (χ2n) is 6.72. The fourth-order valence-corrected chi connectivity index (χ4v) is 3.78. The summed E-state index contributed by atoms with van der Waals surface area (Å²) in [5, 5.41) is 22.5. The van der Waals surface area contributed by atoms with Gasteiger partial charge in [0.1, 0.15) is 17.1 Å². The average molecular weight is 439 g/mol. The van der Waals surface area contributed by atoms with Gasteiger partial charge in [0.25, 0.3) is 11.8 Å². The Morgan fingerprint density at radius 3 is 2.24 bits per heavy atom. The Kier molecular flexibility index (Phi) is 6.39. The van der Waals surface area contributed by atoms with Crippen molar-refractivity contribution in [2.45, 2.75) is 18.9 Å². The molecule has 0 atom stereocenters. The van der Waals surface area contributed by atoms with E-state index in [-0.39, 0.29) is 45.3 Å². The van der Waals surface area contributed by atoms with Crippen LogP contribution in [0.4, 0.5) is 0 Å². The maximum Gasteiger partial charge on any atom is 0.259 e. The molecular weight excluding hydrogens is 419 g/mol. The zero-order valence-corrected chi connectivity index (χ0v) is 17.1. The van der Waals surface area contributed by atoms with Gasteiger partial charge in [-0.3, -0.25) is 9.59 Å². The van der Waals surface area contributed by atoms with E-state index in [1.807, 2.05) is 0 Å². The molecule has 7 nitrogen and oxygen atoms in total. The van der Waals surface area contributed by atoms with Gasteiger partial charge in [0.2, 0.25) is 0 Å². The van der Waals surface area contributed by atoms with Crippen molar-refractivity contribution in [2.24, 2.45) is 0 Å². The highest BCUT2D eigenvalue weighted by Gasteiger charge is 2.29. The van der Waals surface area contributed by atoms with E-state index in [0.717, 1.165) is 6.07 Å². The van der Waals surface area contributed by atoms with E-state index in [0.29, 0.717) is 31.0 Å². The lowest BCUT2D eigenvalue weighted by molar-refractivity contribution is 0.0695. The van der Waals surface area contributed by atoms with Crippen LogP contribution in [0.5, 0.6) is 17.2 Å². The molecular formula is C20H20Cl2N2O5. The lowest BCUT2D eigenvalue weighted by Crippen LogP contribution is -2.46. The van der Waals surface area contributed by atoms with Gasteiger partial charge in [-0.1, -0.05) is 23.2 Å². The van der Waals surface area contributed by atoms with E-state index in [1.54, 1.807) is 17.0 Å². The summed E-state index contributed by atoms with van der Waals surface area (Å²) in [6, 6.07) is 6.68. The van der Waals surface area contributed by atoms with E-state index in [2.05, 4.69) is 5.32 Å². The molecule has 0 radical (unpaired) electrons. The summed E-state index contributed by atoms with van der Waals surface area (Å²) in [5.74, 6) is -0.827. The average Bonchev–Trinajstić information content (AvgIpc) is 2.68. The predicted molar refractivity (Wildman–Crippen MR) is 109 cm³/mol. The number of phenols is 2. The maximum absolute atomic E-state index is 12.9. The van der Waals surface area contributed by atoms with E-state index in [1.165, 1.54) is 19.2 Å². The number of hydrogen-bond acceptors (Lipinski definition) is 5. The first-order valence-electron chi connectivity index (χ1n) is 8.95. The maximum atomic E-state index is 12.9. The van der Waals surface area contributed by atoms with Crippen molar-refractivity contribution in [1.29, 1.82) is 0 Å². The van der Waals surface area contributed by atoms with Crippen LogP contribution < -0.4 is 10.1 Å². The number of ether oxygens (including phenoxy) is 1. The van der Waals surface area contributed by atoms with Crippen LogP contribution in [-0.4, -0.2) is 53.2 Å². The molecule has 2 aromatic carbocycles. The number of amides is 2. The van der Waals surface area contributed by atoms with E-state index in [9.17, 15) is 19.8 Å². The second kappa shape index (κ2) is 8.80. The first-order chi connectivity index (χ1) is 13.8. The number of carbonyl (C=O) groups excluding carboxylic acids is 2. The van der Waals surface area contributed by atoms with E-state index >= 15 is 0 Å². The van der Waals surface area contributed by atoms with Gasteiger partial charge in [-0.2, -0.15) is 0 Å². The highest BCUT2D eigenvalue weighted by atomic mass is 35.5. The van der Waals surface area contributed by atoms with Crippen LogP contribution in [0.25, 0.3) is 0 Å². The number of nitrogens with zero attached hydrogens (tertiary/aromatic N) is 1. The number of phenolic OH excluding ortho intramolecular Hbond substituents is 2. The van der Waals surface area contributed by atoms with Crippen molar-refractivity contribution < 1.29 is 24.5 Å². The van der Waals surface area contributed by atoms with Crippen LogP contribution in [0.15, 0.2) is 30.3 Å². The minimum Gasteiger partial charge on any atom is -0.508 e. The number of halogens is 2. The standard InChI is InChI=1S/C20H20Cl2N2O5/c1-29-18-16(22)3-2-15(21)17(18)20(28)24-6-4-12(5-7-24)23-19(27)11-8-13(25)10-14(26)9-11/h2-3,8-10,12,25-26H,4-7H2,1H3,(H,23,27). The van der Waals surface area contributed by atoms with Crippen molar-refractivity contribution in [3.8, 4) is 17.2 Å². The van der Waals surface area contributed by atoms with Gasteiger partial charge in [-0.05, 0) is 37.1 Å². The summed E-state index contributed by atoms with van der Waals surface area (Å²) in [5.41, 5.74) is 0.385. The zero-order valence-electron chi connectivity index (χ0n) is 15.6. The number of nitrogens with one attached hydrogen (secondary N) is 1. The fraction of sp³-hybridized carbons (Fsp3) is 0.300. The molecule has 0 saturated carbocycles. The predicted octanol–water partition coefficient (Wildman–Crippen LogP) is 3.45. The molecule has 2 aromatic rings. The Bertz CT molecular complexity index is 922. The van der Waals surface area contributed by atoms with Crippen LogP contribution in [0.2, 0.25) is 10.0 Å². The highest BCUT2D eigenvalue weighted by molar-refractivity contribution is 6.37. The molecule has 3 rings (SSSR count). The molecule has 3 N–H and O–H groups in total. The quantitative estimate of drug-likeness (QED) is 0.678. The largest absolute Gasteiger partial charge is 0.508 e. The third-order valence-corrected chi connectivity index (χ3v) is 5.37. The van der Waals surface area contributed by atoms with Crippen LogP contribution in [0.1, 0.15) is 33.6 Å². The monoisotopic (exact) mass is 438 g/mol. The Morgan fingerprint density at radius 2 is 1.66 bits per heavy atom. The summed E-state index contributed by atoms with van der Waals surface area (Å²) in [7, 11) is 1.43. The first kappa shape index (κ1) is 21.1. The molecule has 1 heterocycles. The Morgan fingerprint density at radius 1 is 1.07 bits per heavy atom. The molecule has 1 aliphatic heterocycles. The number of methoxy groups -OCH3 is 1. The molecule has 0 aromatic heterocycles. The van der Waals surface area contributed by atoms with Crippen molar-refractivity contribution >= 4 is 35.0 Å². The second-order valence-corrected chi connectivity index (χ2v) is 7.53. The summed E-state index contributed by atoms with van der Waals surface area (Å²) < 4.78 is 5.25. The normalized spacial score (nSPS) is 14.5. The van der Waals surface area contributed by atoms with Gasteiger partial charge < -0.3 is 25.2 Å². The van der Waals surface area contributed by atoms with Crippen molar-refractivity contribution in [3.05, 3.63) is 51.5 Å². The fourth-order valence-electron chi connectivity index (χ4n) is 3.31. The molecule has 0 aliphatic carbocycles. The summed E-state index contributed by atoms with van der Waals surface area (Å²) in [6.45, 7) is 0.835. The van der Waals surface area contributed by atoms with E-state index in [4.69, 9.17) is 27.9 Å². The number of rotatable bonds is 4. The van der Waals surface area contributed by atoms with Crippen LogP contribution >= 0.6 is 23.2 Å². The van der Waals surface area contributed by atoms with Crippen LogP contribution in [-0.2, 0) is 0 Å². The number of likely N-dealkylation sites (tertiary alicyclic amines) is 1. The lowest BCUT2D eigenvalue weighted by atomic mass is 10.0. The number of aromatic hydroxyl groups is 2. The minimum absolute atomic E-state index is 0.146. The molecule has 1 saturated heterocycles. The zero-order chi connectivity index (χ0) is 21.1. The molecule has 1 aliphatic rings. The van der Waals surface area contributed by atoms with Gasteiger partial charge in [0.05, 0.1) is 17.2 Å². The molecule has 29 heavy (non-hydrogen) atoms. The molecule has 2 amide bonds. The highest BCUT2D eigenvalue weighted by Crippen LogP contribution is 2.35. The summed E-state index contributed by atoms with van der Waals surface area (Å²) >= 11 is 12.3. The molecule has 0 spiro atoms. The molecule has 0 unspecified atom stereocenters. The van der Waals surface area contributed by atoms with E-state index < -0.39 is 5.91 Å². The Hall–Kier alpha value is -2.64. The van der Waals surface area contributed by atoms with Crippen molar-refractivity contribution in [2.75, 3.05) is 20.2 Å². The van der Waals surface area contributed by atoms with Crippen molar-refractivity contribution in [1.82, 2.24) is 10.2 Å². The SMILES string of the molecule is COc1c(Cl)ccc(Cl)c1C(=O)N1CCC(NC(=O)c2cc(O)cc(O)c2)CC1. The smallest absolute Gasteiger partial charge is 0.259 e. The summed E-state index contributed by atoms with van der Waals surface area (Å²) in [4.78, 5) is 26.9. The Labute approximate surface area is 177 Å². The molecule has 1 fully saturated rings. The summed E-state index contributed by atoms with van der Waals surface area (Å²) in [6.07, 6.45) is 1.09. The first-order valence-corrected chi connectivity index (χ1v) is 9.71. The van der Waals surface area contributed by atoms with Crippen LogP contribution in [0, 0.1) is 0 Å². The molecule has 0 bridgehead atoms. The van der Waals surface area contributed by atoms with Gasteiger partial charge in [0.15, 0.2) is 5.75 Å². The third kappa shape index (κ3) is 4.68. The third-order valence-electron chi connectivity index (χ3n) is 4.76. The van der Waals surface area contributed by atoms with Crippen molar-refractivity contribution in [3.63, 3.8) is 0 Å². The Balaban J connectivity index is 1.64. The minimum atomic E-state index is -0.402. The number of carbonyl (C=O) groups is 2. The van der Waals surface area contributed by atoms with Crippen LogP contribution in [0.3, 0.4) is 0 Å². The lowest BCUT2D eigenvalue weighted by Gasteiger charge is -2.33. The van der Waals surface area contributed by atoms with Gasteiger partial charge in [-0.15, -0.1) is 0 Å². The number of piperidine rings is 1. The topological polar surface area (TPSA) is 99.1 Å². The number of hydrogen-bond donors (Lipinski definition) is 3. The number of benzene rings is 2. The molecule has 9 heteroatoms. The van der Waals surface area contributed by atoms with Gasteiger partial charge >= 0.3 is 0 Å². The van der Waals surface area contributed by atoms with Gasteiger partial charge in [-0.25, -0.2) is 0 Å². The van der Waals surface area contributed by atoms with Gasteiger partial charge in [0, 0.05) is 30.8 Å².